The predicted molar refractivity (Wildman–Crippen MR) is 141 cm³/mol. The van der Waals surface area contributed by atoms with Crippen LogP contribution in [0.2, 0.25) is 5.02 Å². The molecule has 224 valence electrons. The van der Waals surface area contributed by atoms with Crippen LogP contribution in [0.3, 0.4) is 0 Å². The van der Waals surface area contributed by atoms with E-state index >= 15 is 0 Å². The van der Waals surface area contributed by atoms with E-state index in [9.17, 15) is 31.0 Å². The van der Waals surface area contributed by atoms with Crippen molar-refractivity contribution >= 4 is 28.8 Å². The van der Waals surface area contributed by atoms with Crippen molar-refractivity contribution in [3.63, 3.8) is 0 Å². The van der Waals surface area contributed by atoms with Gasteiger partial charge in [-0.2, -0.15) is 27.1 Å². The molecular formula is C25H32ClF5N4O4S. The third kappa shape index (κ3) is 7.92. The van der Waals surface area contributed by atoms with Crippen molar-refractivity contribution in [2.75, 3.05) is 6.54 Å². The summed E-state index contributed by atoms with van der Waals surface area (Å²) in [5.74, 6) is -0.821. The maximum absolute atomic E-state index is 13.4. The Morgan fingerprint density at radius 1 is 1.25 bits per heavy atom. The van der Waals surface area contributed by atoms with E-state index in [2.05, 4.69) is 19.9 Å². The smallest absolute Gasteiger partial charge is 0.394 e. The quantitative estimate of drug-likeness (QED) is 0.214. The van der Waals surface area contributed by atoms with Crippen molar-refractivity contribution < 1.29 is 40.2 Å². The first kappa shape index (κ1) is 32.2. The fraction of sp³-hybridized carbons (Fsp3) is 0.600. The summed E-state index contributed by atoms with van der Waals surface area (Å²) in [6.45, 7) is 1.01. The van der Waals surface area contributed by atoms with E-state index in [-0.39, 0.29) is 51.8 Å². The highest BCUT2D eigenvalue weighted by molar-refractivity contribution is 7.77. The lowest BCUT2D eigenvalue weighted by atomic mass is 9.84. The van der Waals surface area contributed by atoms with Gasteiger partial charge in [0.15, 0.2) is 5.69 Å². The van der Waals surface area contributed by atoms with Crippen molar-refractivity contribution in [1.82, 2.24) is 19.8 Å². The zero-order valence-corrected chi connectivity index (χ0v) is 23.7. The topological polar surface area (TPSA) is 105 Å². The van der Waals surface area contributed by atoms with Gasteiger partial charge in [0.2, 0.25) is 11.3 Å². The lowest BCUT2D eigenvalue weighted by Gasteiger charge is -2.28. The molecule has 15 heteroatoms. The molecule has 0 saturated heterocycles. The van der Waals surface area contributed by atoms with Crippen LogP contribution in [0.1, 0.15) is 62.5 Å². The Morgan fingerprint density at radius 3 is 2.45 bits per heavy atom. The fourth-order valence-electron chi connectivity index (χ4n) is 4.70. The number of amides is 1. The molecule has 1 fully saturated rings. The Bertz CT molecular complexity index is 1220. The minimum absolute atomic E-state index is 0.0550. The minimum atomic E-state index is -4.52. The lowest BCUT2D eigenvalue weighted by Crippen LogP contribution is -2.37. The normalized spacial score (nSPS) is 19.1. The Morgan fingerprint density at radius 2 is 1.90 bits per heavy atom. The SMILES string of the molecule is CCn1nc(C(=O)NCC2CCC(NS(=O)O)CC2)c(Cl)c1-c1ccc(CC(C)(C)C(F)(F)F)cc1OC(F)F. The second-order valence-corrected chi connectivity index (χ2v) is 11.5. The van der Waals surface area contributed by atoms with Gasteiger partial charge in [0.1, 0.15) is 5.75 Å². The Hall–Kier alpha value is -2.29. The van der Waals surface area contributed by atoms with E-state index < -0.39 is 41.8 Å². The largest absolute Gasteiger partial charge is 0.434 e. The number of aromatic nitrogens is 2. The summed E-state index contributed by atoms with van der Waals surface area (Å²) in [5, 5.41) is 6.94. The van der Waals surface area contributed by atoms with Crippen LogP contribution in [-0.2, 0) is 24.2 Å². The van der Waals surface area contributed by atoms with Crippen molar-refractivity contribution in [2.24, 2.45) is 11.3 Å². The highest BCUT2D eigenvalue weighted by Gasteiger charge is 2.47. The van der Waals surface area contributed by atoms with Gasteiger partial charge >= 0.3 is 12.8 Å². The van der Waals surface area contributed by atoms with Gasteiger partial charge in [-0.1, -0.05) is 31.5 Å². The van der Waals surface area contributed by atoms with E-state index in [1.165, 1.54) is 16.8 Å². The second kappa shape index (κ2) is 13.1. The molecule has 1 aliphatic carbocycles. The van der Waals surface area contributed by atoms with Crippen LogP contribution in [0.5, 0.6) is 5.75 Å². The van der Waals surface area contributed by atoms with Crippen molar-refractivity contribution in [3.8, 4) is 17.0 Å². The molecule has 3 rings (SSSR count). The number of nitrogens with zero attached hydrogens (tertiary/aromatic N) is 2. The van der Waals surface area contributed by atoms with E-state index in [0.29, 0.717) is 19.4 Å². The van der Waals surface area contributed by atoms with Crippen LogP contribution in [0, 0.1) is 11.3 Å². The molecule has 0 radical (unpaired) electrons. The van der Waals surface area contributed by atoms with Crippen LogP contribution in [0.15, 0.2) is 18.2 Å². The van der Waals surface area contributed by atoms with Crippen LogP contribution in [-0.4, -0.2) is 49.8 Å². The van der Waals surface area contributed by atoms with Crippen molar-refractivity contribution in [1.29, 1.82) is 0 Å². The molecule has 1 aromatic heterocycles. The molecule has 40 heavy (non-hydrogen) atoms. The van der Waals surface area contributed by atoms with Gasteiger partial charge in [-0.05, 0) is 62.6 Å². The van der Waals surface area contributed by atoms with Crippen LogP contribution in [0.4, 0.5) is 22.0 Å². The highest BCUT2D eigenvalue weighted by atomic mass is 35.5. The third-order valence-electron chi connectivity index (χ3n) is 7.01. The molecule has 3 N–H and O–H groups in total. The zero-order valence-electron chi connectivity index (χ0n) is 22.2. The van der Waals surface area contributed by atoms with Crippen LogP contribution in [0.25, 0.3) is 11.3 Å². The van der Waals surface area contributed by atoms with Gasteiger partial charge in [0.05, 0.1) is 16.1 Å². The summed E-state index contributed by atoms with van der Waals surface area (Å²) in [6.07, 6.45) is -2.19. The molecule has 8 nitrogen and oxygen atoms in total. The van der Waals surface area contributed by atoms with Crippen molar-refractivity contribution in [2.45, 2.75) is 78.2 Å². The second-order valence-electron chi connectivity index (χ2n) is 10.4. The van der Waals surface area contributed by atoms with E-state index in [0.717, 1.165) is 32.8 Å². The average molecular weight is 615 g/mol. The first-order chi connectivity index (χ1) is 18.6. The summed E-state index contributed by atoms with van der Waals surface area (Å²) in [7, 11) is 0. The van der Waals surface area contributed by atoms with Gasteiger partial charge < -0.3 is 10.1 Å². The highest BCUT2D eigenvalue weighted by Crippen LogP contribution is 2.43. The summed E-state index contributed by atoms with van der Waals surface area (Å²) >= 11 is 4.46. The maximum Gasteiger partial charge on any atom is 0.394 e. The molecule has 1 heterocycles. The summed E-state index contributed by atoms with van der Waals surface area (Å²) in [5.41, 5.74) is -1.93. The molecule has 0 spiro atoms. The van der Waals surface area contributed by atoms with E-state index in [4.69, 9.17) is 16.2 Å². The number of alkyl halides is 5. The predicted octanol–water partition coefficient (Wildman–Crippen LogP) is 5.97. The molecule has 1 unspecified atom stereocenters. The number of rotatable bonds is 11. The molecule has 1 saturated carbocycles. The van der Waals surface area contributed by atoms with Crippen LogP contribution < -0.4 is 14.8 Å². The third-order valence-corrected chi connectivity index (χ3v) is 7.90. The number of carbonyl (C=O) groups is 1. The fourth-order valence-corrected chi connectivity index (χ4v) is 5.54. The lowest BCUT2D eigenvalue weighted by molar-refractivity contribution is -0.211. The Kier molecular flexibility index (Phi) is 10.6. The number of carbonyl (C=O) groups excluding carboxylic acids is 1. The average Bonchev–Trinajstić information content (AvgIpc) is 3.18. The van der Waals surface area contributed by atoms with Gasteiger partial charge in [-0.3, -0.25) is 14.0 Å². The standard InChI is InChI=1S/C25H32ClF5N4O4S/c1-4-35-21(17-10-7-15(11-18(17)39-23(27)28)12-24(2,3)25(29,30)31)19(26)20(33-35)22(36)32-13-14-5-8-16(9-6-14)34-40(37)38/h7,10-11,14,16,23,34H,4-6,8-9,12-13H2,1-3H3,(H,32,36)(H,37,38). The van der Waals surface area contributed by atoms with Gasteiger partial charge in [0.25, 0.3) is 5.91 Å². The maximum atomic E-state index is 13.4. The number of benzene rings is 1. The molecule has 1 aliphatic rings. The number of nitrogens with one attached hydrogen (secondary N) is 2. The van der Waals surface area contributed by atoms with Gasteiger partial charge in [-0.15, -0.1) is 0 Å². The monoisotopic (exact) mass is 614 g/mol. The first-order valence-electron chi connectivity index (χ1n) is 12.7. The minimum Gasteiger partial charge on any atom is -0.434 e. The first-order valence-corrected chi connectivity index (χ1v) is 14.2. The number of hydrogen-bond donors (Lipinski definition) is 3. The number of halogens is 6. The Balaban J connectivity index is 1.83. The molecule has 1 aromatic carbocycles. The molecular weight excluding hydrogens is 583 g/mol. The summed E-state index contributed by atoms with van der Waals surface area (Å²) in [6, 6.07) is 3.75. The molecule has 0 bridgehead atoms. The van der Waals surface area contributed by atoms with Gasteiger partial charge in [-0.25, -0.2) is 8.93 Å². The van der Waals surface area contributed by atoms with Crippen LogP contribution >= 0.6 is 11.6 Å². The Labute approximate surface area is 236 Å². The summed E-state index contributed by atoms with van der Waals surface area (Å²) < 4.78 is 95.3. The van der Waals surface area contributed by atoms with E-state index in [1.54, 1.807) is 6.92 Å². The number of ether oxygens (including phenoxy) is 1. The molecule has 2 aromatic rings. The molecule has 0 aliphatic heterocycles. The molecule has 1 amide bonds. The van der Waals surface area contributed by atoms with E-state index in [1.807, 2.05) is 0 Å². The van der Waals surface area contributed by atoms with Gasteiger partial charge in [0, 0.05) is 24.7 Å². The van der Waals surface area contributed by atoms with Crippen molar-refractivity contribution in [3.05, 3.63) is 34.5 Å². The zero-order chi connectivity index (χ0) is 29.8. The molecule has 1 atom stereocenters. The summed E-state index contributed by atoms with van der Waals surface area (Å²) in [4.78, 5) is 13.0. The number of aryl methyl sites for hydroxylation is 1. The number of hydrogen-bond acceptors (Lipinski definition) is 4.